The first kappa shape index (κ1) is 20.2. The van der Waals surface area contributed by atoms with Crippen molar-refractivity contribution in [3.05, 3.63) is 59.7 Å². The third-order valence-electron chi connectivity index (χ3n) is 4.26. The molecule has 1 atom stereocenters. The largest absolute Gasteiger partial charge is 0.491 e. The van der Waals surface area contributed by atoms with Gasteiger partial charge in [-0.25, -0.2) is 8.42 Å². The molecular formula is C20H24N2O5S. The highest BCUT2D eigenvalue weighted by molar-refractivity contribution is 7.92. The minimum absolute atomic E-state index is 0.149. The second-order valence-corrected chi connectivity index (χ2v) is 8.48. The minimum Gasteiger partial charge on any atom is -0.491 e. The number of sulfonamides is 1. The molecule has 1 unspecified atom stereocenters. The quantitative estimate of drug-likeness (QED) is 0.705. The van der Waals surface area contributed by atoms with E-state index in [2.05, 4.69) is 10.0 Å². The number of anilines is 1. The third kappa shape index (κ3) is 6.24. The van der Waals surface area contributed by atoms with Gasteiger partial charge in [0.2, 0.25) is 10.0 Å². The number of hydrogen-bond acceptors (Lipinski definition) is 5. The Hall–Kier alpha value is -2.58. The highest BCUT2D eigenvalue weighted by atomic mass is 32.2. The second kappa shape index (κ2) is 9.07. The predicted octanol–water partition coefficient (Wildman–Crippen LogP) is 2.55. The van der Waals surface area contributed by atoms with Crippen LogP contribution in [0, 0.1) is 0 Å². The van der Waals surface area contributed by atoms with Gasteiger partial charge in [-0.05, 0) is 54.8 Å². The number of amides is 1. The van der Waals surface area contributed by atoms with E-state index in [-0.39, 0.29) is 18.6 Å². The van der Waals surface area contributed by atoms with Crippen LogP contribution in [0.1, 0.15) is 28.8 Å². The lowest BCUT2D eigenvalue weighted by atomic mass is 10.1. The average Bonchev–Trinajstić information content (AvgIpc) is 3.17. The summed E-state index contributed by atoms with van der Waals surface area (Å²) >= 11 is 0. The van der Waals surface area contributed by atoms with E-state index < -0.39 is 10.0 Å². The highest BCUT2D eigenvalue weighted by Gasteiger charge is 2.16. The van der Waals surface area contributed by atoms with Crippen molar-refractivity contribution < 1.29 is 22.7 Å². The maximum atomic E-state index is 12.3. The van der Waals surface area contributed by atoms with Gasteiger partial charge in [0.15, 0.2) is 0 Å². The van der Waals surface area contributed by atoms with Gasteiger partial charge in [0.05, 0.1) is 12.4 Å². The van der Waals surface area contributed by atoms with Crippen LogP contribution in [-0.2, 0) is 21.3 Å². The van der Waals surface area contributed by atoms with Gasteiger partial charge >= 0.3 is 0 Å². The molecule has 28 heavy (non-hydrogen) atoms. The standard InChI is InChI=1S/C20H24N2O5S/c1-28(24,25)22-17-5-2-4-15(12-17)13-21-20(23)16-7-9-18(10-8-16)27-14-19-6-3-11-26-19/h2,4-5,7-10,12,19,22H,3,6,11,13-14H2,1H3,(H,21,23). The molecule has 2 N–H and O–H groups in total. The Kier molecular flexibility index (Phi) is 6.53. The van der Waals surface area contributed by atoms with Crippen molar-refractivity contribution in [3.8, 4) is 5.75 Å². The fourth-order valence-electron chi connectivity index (χ4n) is 2.91. The van der Waals surface area contributed by atoms with Crippen molar-refractivity contribution in [1.82, 2.24) is 5.32 Å². The Morgan fingerprint density at radius 3 is 2.68 bits per heavy atom. The average molecular weight is 404 g/mol. The Morgan fingerprint density at radius 1 is 1.21 bits per heavy atom. The molecule has 0 spiro atoms. The molecular weight excluding hydrogens is 380 g/mol. The highest BCUT2D eigenvalue weighted by Crippen LogP contribution is 2.17. The smallest absolute Gasteiger partial charge is 0.251 e. The molecule has 7 nitrogen and oxygen atoms in total. The van der Waals surface area contributed by atoms with Crippen LogP contribution in [0.4, 0.5) is 5.69 Å². The van der Waals surface area contributed by atoms with E-state index in [0.717, 1.165) is 31.3 Å². The summed E-state index contributed by atoms with van der Waals surface area (Å²) in [5.74, 6) is 0.485. The predicted molar refractivity (Wildman–Crippen MR) is 107 cm³/mol. The fourth-order valence-corrected chi connectivity index (χ4v) is 3.47. The molecule has 0 aliphatic carbocycles. The number of benzene rings is 2. The van der Waals surface area contributed by atoms with Gasteiger partial charge < -0.3 is 14.8 Å². The molecule has 1 fully saturated rings. The van der Waals surface area contributed by atoms with E-state index in [1.165, 1.54) is 0 Å². The molecule has 0 aromatic heterocycles. The van der Waals surface area contributed by atoms with Crippen LogP contribution in [0.25, 0.3) is 0 Å². The lowest BCUT2D eigenvalue weighted by Crippen LogP contribution is -2.23. The zero-order valence-corrected chi connectivity index (χ0v) is 16.5. The molecule has 1 heterocycles. The van der Waals surface area contributed by atoms with E-state index in [9.17, 15) is 13.2 Å². The number of carbonyl (C=O) groups is 1. The lowest BCUT2D eigenvalue weighted by Gasteiger charge is -2.12. The monoisotopic (exact) mass is 404 g/mol. The molecule has 1 aliphatic rings. The van der Waals surface area contributed by atoms with Crippen molar-refractivity contribution in [3.63, 3.8) is 0 Å². The Bertz CT molecular complexity index is 906. The summed E-state index contributed by atoms with van der Waals surface area (Å²) in [6, 6.07) is 13.8. The summed E-state index contributed by atoms with van der Waals surface area (Å²) in [7, 11) is -3.34. The second-order valence-electron chi connectivity index (χ2n) is 6.73. The van der Waals surface area contributed by atoms with Gasteiger partial charge in [0, 0.05) is 24.4 Å². The van der Waals surface area contributed by atoms with Crippen LogP contribution in [0.3, 0.4) is 0 Å². The van der Waals surface area contributed by atoms with Crippen molar-refractivity contribution in [1.29, 1.82) is 0 Å². The molecule has 150 valence electrons. The first-order valence-corrected chi connectivity index (χ1v) is 11.0. The van der Waals surface area contributed by atoms with Crippen LogP contribution >= 0.6 is 0 Å². The number of carbonyl (C=O) groups excluding carboxylic acids is 1. The van der Waals surface area contributed by atoms with Gasteiger partial charge in [-0.15, -0.1) is 0 Å². The molecule has 8 heteroatoms. The van der Waals surface area contributed by atoms with Crippen LogP contribution in [0.5, 0.6) is 5.75 Å². The van der Waals surface area contributed by atoms with Crippen LogP contribution < -0.4 is 14.8 Å². The van der Waals surface area contributed by atoms with Crippen LogP contribution in [-0.4, -0.2) is 39.9 Å². The topological polar surface area (TPSA) is 93.7 Å². The molecule has 1 saturated heterocycles. The number of nitrogens with one attached hydrogen (secondary N) is 2. The summed E-state index contributed by atoms with van der Waals surface area (Å²) < 4.78 is 36.3. The van der Waals surface area contributed by atoms with E-state index >= 15 is 0 Å². The van der Waals surface area contributed by atoms with Gasteiger partial charge in [-0.1, -0.05) is 12.1 Å². The minimum atomic E-state index is -3.34. The van der Waals surface area contributed by atoms with E-state index in [1.54, 1.807) is 42.5 Å². The summed E-state index contributed by atoms with van der Waals surface area (Å²) in [5.41, 5.74) is 1.77. The maximum absolute atomic E-state index is 12.3. The summed E-state index contributed by atoms with van der Waals surface area (Å²) in [4.78, 5) is 12.3. The first-order chi connectivity index (χ1) is 13.4. The normalized spacial score (nSPS) is 16.5. The van der Waals surface area contributed by atoms with Gasteiger partial charge in [-0.2, -0.15) is 0 Å². The maximum Gasteiger partial charge on any atom is 0.251 e. The zero-order valence-electron chi connectivity index (χ0n) is 15.7. The molecule has 0 radical (unpaired) electrons. The first-order valence-electron chi connectivity index (χ1n) is 9.08. The Labute approximate surface area is 165 Å². The summed E-state index contributed by atoms with van der Waals surface area (Å²) in [6.07, 6.45) is 3.33. The van der Waals surface area contributed by atoms with Crippen molar-refractivity contribution in [2.24, 2.45) is 0 Å². The third-order valence-corrected chi connectivity index (χ3v) is 4.87. The Balaban J connectivity index is 1.51. The van der Waals surface area contributed by atoms with Crippen molar-refractivity contribution in [2.45, 2.75) is 25.5 Å². The van der Waals surface area contributed by atoms with Gasteiger partial charge in [-0.3, -0.25) is 9.52 Å². The van der Waals surface area contributed by atoms with Gasteiger partial charge in [0.25, 0.3) is 5.91 Å². The Morgan fingerprint density at radius 2 is 2.00 bits per heavy atom. The fraction of sp³-hybridized carbons (Fsp3) is 0.350. The number of ether oxygens (including phenoxy) is 2. The molecule has 0 saturated carbocycles. The van der Waals surface area contributed by atoms with Gasteiger partial charge in [0.1, 0.15) is 12.4 Å². The zero-order chi connectivity index (χ0) is 20.0. The lowest BCUT2D eigenvalue weighted by molar-refractivity contribution is 0.0679. The molecule has 3 rings (SSSR count). The van der Waals surface area contributed by atoms with E-state index in [0.29, 0.717) is 23.6 Å². The van der Waals surface area contributed by atoms with Crippen molar-refractivity contribution in [2.75, 3.05) is 24.2 Å². The SMILES string of the molecule is CS(=O)(=O)Nc1cccc(CNC(=O)c2ccc(OCC3CCCO3)cc2)c1. The van der Waals surface area contributed by atoms with Crippen molar-refractivity contribution >= 4 is 21.6 Å². The molecule has 2 aromatic rings. The number of hydrogen-bond donors (Lipinski definition) is 2. The van der Waals surface area contributed by atoms with E-state index in [1.807, 2.05) is 6.07 Å². The molecule has 0 bridgehead atoms. The molecule has 2 aromatic carbocycles. The van der Waals surface area contributed by atoms with Crippen LogP contribution in [0.2, 0.25) is 0 Å². The molecule has 1 amide bonds. The molecule has 1 aliphatic heterocycles. The van der Waals surface area contributed by atoms with Crippen LogP contribution in [0.15, 0.2) is 48.5 Å². The summed E-state index contributed by atoms with van der Waals surface area (Å²) in [6.45, 7) is 1.60. The van der Waals surface area contributed by atoms with E-state index in [4.69, 9.17) is 9.47 Å². The summed E-state index contributed by atoms with van der Waals surface area (Å²) in [5, 5.41) is 2.82. The number of rotatable bonds is 8.